The maximum Gasteiger partial charge on any atom is 0.165 e. The van der Waals surface area contributed by atoms with E-state index in [1.165, 1.54) is 5.56 Å². The molecule has 1 aliphatic heterocycles. The third-order valence-electron chi connectivity index (χ3n) is 6.59. The van der Waals surface area contributed by atoms with Gasteiger partial charge in [0.15, 0.2) is 11.5 Å². The molecule has 0 amide bonds. The number of aromatic nitrogens is 4. The molecule has 7 heteroatoms. The molecule has 1 aliphatic rings. The largest absolute Gasteiger partial charge is 0.383 e. The van der Waals surface area contributed by atoms with Crippen molar-refractivity contribution >= 4 is 22.6 Å². The van der Waals surface area contributed by atoms with Crippen molar-refractivity contribution in [1.82, 2.24) is 29.7 Å². The van der Waals surface area contributed by atoms with E-state index in [-0.39, 0.29) is 0 Å². The number of imidazole rings is 1. The van der Waals surface area contributed by atoms with Crippen LogP contribution in [-0.2, 0) is 6.54 Å². The molecule has 1 saturated heterocycles. The molecule has 184 valence electrons. The number of nitrogen functional groups attached to an aromatic ring is 1. The summed E-state index contributed by atoms with van der Waals surface area (Å²) in [6.45, 7) is 10.4. The Bertz CT molecular complexity index is 1420. The number of fused-ring (bicyclic) bond motifs is 1. The molecule has 7 nitrogen and oxygen atoms in total. The summed E-state index contributed by atoms with van der Waals surface area (Å²) in [5.41, 5.74) is 12.9. The summed E-state index contributed by atoms with van der Waals surface area (Å²) in [4.78, 5) is 16.8. The fourth-order valence-electron chi connectivity index (χ4n) is 4.82. The Morgan fingerprint density at radius 2 is 1.94 bits per heavy atom. The number of hydrogen-bond acceptors (Lipinski definition) is 6. The number of anilines is 1. The molecule has 1 fully saturated rings. The van der Waals surface area contributed by atoms with Crippen molar-refractivity contribution in [2.75, 3.05) is 25.4 Å². The molecule has 0 radical (unpaired) electrons. The van der Waals surface area contributed by atoms with E-state index in [0.29, 0.717) is 11.9 Å². The predicted octanol–water partition coefficient (Wildman–Crippen LogP) is 4.84. The van der Waals surface area contributed by atoms with Crippen molar-refractivity contribution in [1.29, 1.82) is 0 Å². The summed E-state index contributed by atoms with van der Waals surface area (Å²) < 4.78 is 2.09. The second-order valence-electron chi connectivity index (χ2n) is 9.25. The number of rotatable bonds is 6. The summed E-state index contributed by atoms with van der Waals surface area (Å²) in [6, 6.07) is 17.1. The molecule has 3 N–H and O–H groups in total. The summed E-state index contributed by atoms with van der Waals surface area (Å²) in [6.07, 6.45) is 7.86. The molecule has 4 aromatic rings. The van der Waals surface area contributed by atoms with Gasteiger partial charge in [-0.1, -0.05) is 30.4 Å². The molecule has 0 saturated carbocycles. The van der Waals surface area contributed by atoms with Crippen LogP contribution in [-0.4, -0.2) is 50.1 Å². The summed E-state index contributed by atoms with van der Waals surface area (Å²) in [7, 11) is 0. The average molecular weight is 480 g/mol. The van der Waals surface area contributed by atoms with E-state index in [9.17, 15) is 0 Å². The first kappa shape index (κ1) is 23.9. The highest BCUT2D eigenvalue weighted by Gasteiger charge is 2.19. The van der Waals surface area contributed by atoms with Gasteiger partial charge in [0, 0.05) is 44.1 Å². The SMILES string of the molecule is C/C=C\C(=C/C)c1ccc2nc(-c3cccnc3N)n(-c3ccc(CN4CCNC(C)C4)cc3)c2n1. The zero-order valence-corrected chi connectivity index (χ0v) is 21.1. The molecule has 0 spiro atoms. The van der Waals surface area contributed by atoms with Gasteiger partial charge >= 0.3 is 0 Å². The molecule has 36 heavy (non-hydrogen) atoms. The van der Waals surface area contributed by atoms with Gasteiger partial charge in [-0.25, -0.2) is 15.0 Å². The van der Waals surface area contributed by atoms with Crippen molar-refractivity contribution in [2.24, 2.45) is 0 Å². The van der Waals surface area contributed by atoms with Crippen LogP contribution < -0.4 is 11.1 Å². The maximum atomic E-state index is 6.29. The minimum absolute atomic E-state index is 0.446. The zero-order valence-electron chi connectivity index (χ0n) is 21.1. The van der Waals surface area contributed by atoms with Crippen molar-refractivity contribution in [2.45, 2.75) is 33.4 Å². The highest BCUT2D eigenvalue weighted by atomic mass is 15.2. The van der Waals surface area contributed by atoms with E-state index in [0.717, 1.165) is 65.7 Å². The number of pyridine rings is 2. The lowest BCUT2D eigenvalue weighted by Gasteiger charge is -2.31. The fourth-order valence-corrected chi connectivity index (χ4v) is 4.82. The van der Waals surface area contributed by atoms with Gasteiger partial charge in [-0.15, -0.1) is 0 Å². The average Bonchev–Trinajstić information content (AvgIpc) is 3.26. The van der Waals surface area contributed by atoms with E-state index in [4.69, 9.17) is 15.7 Å². The predicted molar refractivity (Wildman–Crippen MR) is 148 cm³/mol. The number of allylic oxidation sites excluding steroid dienone is 4. The second kappa shape index (κ2) is 10.4. The van der Waals surface area contributed by atoms with Crippen molar-refractivity contribution in [3.63, 3.8) is 0 Å². The van der Waals surface area contributed by atoms with Gasteiger partial charge < -0.3 is 11.1 Å². The van der Waals surface area contributed by atoms with Crippen LogP contribution in [0, 0.1) is 0 Å². The number of nitrogens with one attached hydrogen (secondary N) is 1. The smallest absolute Gasteiger partial charge is 0.165 e. The van der Waals surface area contributed by atoms with Crippen LogP contribution in [0.4, 0.5) is 5.82 Å². The van der Waals surface area contributed by atoms with E-state index in [1.807, 2.05) is 44.2 Å². The molecule has 0 aliphatic carbocycles. The van der Waals surface area contributed by atoms with Gasteiger partial charge in [0.1, 0.15) is 11.3 Å². The van der Waals surface area contributed by atoms with Crippen LogP contribution in [0.1, 0.15) is 32.0 Å². The normalized spacial score (nSPS) is 17.3. The molecular weight excluding hydrogens is 446 g/mol. The minimum atomic E-state index is 0.446. The number of benzene rings is 1. The van der Waals surface area contributed by atoms with Crippen LogP contribution in [0.5, 0.6) is 0 Å². The quantitative estimate of drug-likeness (QED) is 0.385. The topological polar surface area (TPSA) is 84.9 Å². The third kappa shape index (κ3) is 4.80. The van der Waals surface area contributed by atoms with Gasteiger partial charge in [-0.05, 0) is 68.3 Å². The molecule has 1 unspecified atom stereocenters. The number of hydrogen-bond donors (Lipinski definition) is 2. The molecule has 0 bridgehead atoms. The van der Waals surface area contributed by atoms with Gasteiger partial charge in [-0.3, -0.25) is 9.47 Å². The molecule has 5 rings (SSSR count). The molecule has 1 aromatic carbocycles. The first-order chi connectivity index (χ1) is 17.6. The standard InChI is InChI=1S/C29H33N7/c1-4-7-22(5-2)25-13-14-26-29(33-25)36(28(34-26)24-8-6-15-32-27(24)30)23-11-9-21(10-12-23)19-35-17-16-31-20(3)18-35/h4-15,20,31H,16-19H2,1-3H3,(H2,30,32)/b7-4-,22-5+. The van der Waals surface area contributed by atoms with Crippen LogP contribution in [0.15, 0.2) is 73.0 Å². The minimum Gasteiger partial charge on any atom is -0.383 e. The number of nitrogens with zero attached hydrogens (tertiary/aromatic N) is 5. The van der Waals surface area contributed by atoms with Crippen molar-refractivity contribution in [3.05, 3.63) is 84.2 Å². The van der Waals surface area contributed by atoms with Gasteiger partial charge in [-0.2, -0.15) is 0 Å². The first-order valence-corrected chi connectivity index (χ1v) is 12.5. The number of piperazine rings is 1. The van der Waals surface area contributed by atoms with Gasteiger partial charge in [0.05, 0.1) is 11.3 Å². The monoisotopic (exact) mass is 479 g/mol. The highest BCUT2D eigenvalue weighted by molar-refractivity contribution is 5.85. The van der Waals surface area contributed by atoms with E-state index < -0.39 is 0 Å². The van der Waals surface area contributed by atoms with Crippen LogP contribution in [0.25, 0.3) is 33.8 Å². The van der Waals surface area contributed by atoms with Gasteiger partial charge in [0.2, 0.25) is 0 Å². The van der Waals surface area contributed by atoms with Gasteiger partial charge in [0.25, 0.3) is 0 Å². The Kier molecular flexibility index (Phi) is 6.93. The summed E-state index contributed by atoms with van der Waals surface area (Å²) in [5.74, 6) is 1.18. The molecule has 4 heterocycles. The summed E-state index contributed by atoms with van der Waals surface area (Å²) >= 11 is 0. The summed E-state index contributed by atoms with van der Waals surface area (Å²) in [5, 5.41) is 3.51. The highest BCUT2D eigenvalue weighted by Crippen LogP contribution is 2.31. The van der Waals surface area contributed by atoms with Crippen LogP contribution in [0.3, 0.4) is 0 Å². The molecule has 1 atom stereocenters. The first-order valence-electron chi connectivity index (χ1n) is 12.5. The zero-order chi connectivity index (χ0) is 25.1. The van der Waals surface area contributed by atoms with Crippen LogP contribution >= 0.6 is 0 Å². The third-order valence-corrected chi connectivity index (χ3v) is 6.59. The van der Waals surface area contributed by atoms with Crippen molar-refractivity contribution < 1.29 is 0 Å². The fraction of sp³-hybridized carbons (Fsp3) is 0.276. The lowest BCUT2D eigenvalue weighted by Crippen LogP contribution is -2.48. The molecular formula is C29H33N7. The maximum absolute atomic E-state index is 6.29. The van der Waals surface area contributed by atoms with E-state index >= 15 is 0 Å². The lowest BCUT2D eigenvalue weighted by atomic mass is 10.1. The van der Waals surface area contributed by atoms with Crippen LogP contribution in [0.2, 0.25) is 0 Å². The Labute approximate surface area is 212 Å². The van der Waals surface area contributed by atoms with E-state index in [2.05, 4.69) is 63.1 Å². The number of nitrogens with two attached hydrogens (primary N) is 1. The Morgan fingerprint density at radius 3 is 2.67 bits per heavy atom. The Balaban J connectivity index is 1.60. The Morgan fingerprint density at radius 1 is 1.11 bits per heavy atom. The van der Waals surface area contributed by atoms with Crippen molar-refractivity contribution in [3.8, 4) is 17.1 Å². The second-order valence-corrected chi connectivity index (χ2v) is 9.25. The Hall–Kier alpha value is -3.81. The molecule has 3 aromatic heterocycles. The van der Waals surface area contributed by atoms with E-state index in [1.54, 1.807) is 6.20 Å². The lowest BCUT2D eigenvalue weighted by molar-refractivity contribution is 0.199.